The van der Waals surface area contributed by atoms with Crippen LogP contribution in [0.2, 0.25) is 0 Å². The van der Waals surface area contributed by atoms with Crippen LogP contribution in [0.25, 0.3) is 0 Å². The summed E-state index contributed by atoms with van der Waals surface area (Å²) in [6, 6.07) is 6.72. The molecule has 2 rings (SSSR count). The van der Waals surface area contributed by atoms with Crippen LogP contribution in [0.15, 0.2) is 18.2 Å². The van der Waals surface area contributed by atoms with Gasteiger partial charge in [-0.2, -0.15) is 0 Å². The smallest absolute Gasteiger partial charge is 0.122 e. The van der Waals surface area contributed by atoms with E-state index in [0.29, 0.717) is 0 Å². The lowest BCUT2D eigenvalue weighted by Crippen LogP contribution is -1.95. The molecule has 0 radical (unpaired) electrons. The molecule has 1 aliphatic rings. The summed E-state index contributed by atoms with van der Waals surface area (Å²) in [5, 5.41) is 0. The van der Waals surface area contributed by atoms with Crippen molar-refractivity contribution in [3.63, 3.8) is 0 Å². The number of benzene rings is 1. The number of aryl methyl sites for hydroxylation is 1. The van der Waals surface area contributed by atoms with Gasteiger partial charge in [0.15, 0.2) is 0 Å². The predicted octanol–water partition coefficient (Wildman–Crippen LogP) is 3.60. The summed E-state index contributed by atoms with van der Waals surface area (Å²) < 4.78 is 5.57. The first-order valence-corrected chi connectivity index (χ1v) is 6.04. The molecule has 1 aromatic rings. The fourth-order valence-corrected chi connectivity index (χ4v) is 1.98. The molecule has 1 heteroatoms. The molecule has 1 atom stereocenters. The molecule has 82 valence electrons. The molecule has 1 aromatic carbocycles. The quantitative estimate of drug-likeness (QED) is 0.728. The Morgan fingerprint density at radius 1 is 1.40 bits per heavy atom. The van der Waals surface area contributed by atoms with E-state index in [2.05, 4.69) is 32.0 Å². The molecule has 0 aromatic heterocycles. The van der Waals surface area contributed by atoms with Crippen molar-refractivity contribution < 1.29 is 4.74 Å². The number of fused-ring (bicyclic) bond motifs is 1. The van der Waals surface area contributed by atoms with Gasteiger partial charge in [-0.15, -0.1) is 0 Å². The van der Waals surface area contributed by atoms with Crippen LogP contribution < -0.4 is 4.74 Å². The molecule has 15 heavy (non-hydrogen) atoms. The maximum atomic E-state index is 5.57. The average Bonchev–Trinajstić information content (AvgIpc) is 2.72. The van der Waals surface area contributed by atoms with Gasteiger partial charge in [0.05, 0.1) is 6.61 Å². The van der Waals surface area contributed by atoms with E-state index in [0.717, 1.165) is 24.7 Å². The van der Waals surface area contributed by atoms with Crippen LogP contribution in [0.3, 0.4) is 0 Å². The van der Waals surface area contributed by atoms with E-state index >= 15 is 0 Å². The molecule has 0 saturated heterocycles. The standard InChI is InChI=1S/C14H20O/c1-3-11(2)4-5-12-6-7-13-8-9-15-14(13)10-12/h6-7,10-11H,3-5,8-9H2,1-2H3. The summed E-state index contributed by atoms with van der Waals surface area (Å²) in [5.41, 5.74) is 2.80. The lowest BCUT2D eigenvalue weighted by Gasteiger charge is -2.08. The topological polar surface area (TPSA) is 9.23 Å². The van der Waals surface area contributed by atoms with Gasteiger partial charge in [0.2, 0.25) is 0 Å². The van der Waals surface area contributed by atoms with E-state index < -0.39 is 0 Å². The van der Waals surface area contributed by atoms with Crippen LogP contribution in [0.4, 0.5) is 0 Å². The van der Waals surface area contributed by atoms with Gasteiger partial charge in [-0.1, -0.05) is 32.4 Å². The fraction of sp³-hybridized carbons (Fsp3) is 0.571. The Kier molecular flexibility index (Phi) is 3.30. The highest BCUT2D eigenvalue weighted by molar-refractivity contribution is 5.40. The molecule has 0 spiro atoms. The third kappa shape index (κ3) is 2.53. The van der Waals surface area contributed by atoms with Crippen molar-refractivity contribution in [1.82, 2.24) is 0 Å². The molecular formula is C14H20O. The molecule has 0 N–H and O–H groups in total. The molecule has 1 aliphatic heterocycles. The second-order valence-electron chi connectivity index (χ2n) is 4.59. The van der Waals surface area contributed by atoms with Crippen molar-refractivity contribution in [1.29, 1.82) is 0 Å². The van der Waals surface area contributed by atoms with Gasteiger partial charge in [0.1, 0.15) is 5.75 Å². The van der Waals surface area contributed by atoms with Crippen LogP contribution in [-0.4, -0.2) is 6.61 Å². The molecular weight excluding hydrogens is 184 g/mol. The molecule has 1 unspecified atom stereocenters. The summed E-state index contributed by atoms with van der Waals surface area (Å²) in [4.78, 5) is 0. The van der Waals surface area contributed by atoms with Crippen molar-refractivity contribution in [2.45, 2.75) is 39.5 Å². The van der Waals surface area contributed by atoms with Crippen LogP contribution in [-0.2, 0) is 12.8 Å². The summed E-state index contributed by atoms with van der Waals surface area (Å²) in [7, 11) is 0. The highest BCUT2D eigenvalue weighted by Gasteiger charge is 2.11. The van der Waals surface area contributed by atoms with E-state index in [9.17, 15) is 0 Å². The second-order valence-corrected chi connectivity index (χ2v) is 4.59. The molecule has 0 saturated carbocycles. The van der Waals surface area contributed by atoms with E-state index in [1.54, 1.807) is 0 Å². The minimum absolute atomic E-state index is 0.833. The van der Waals surface area contributed by atoms with Crippen molar-refractivity contribution in [3.8, 4) is 5.75 Å². The van der Waals surface area contributed by atoms with Gasteiger partial charge in [-0.3, -0.25) is 0 Å². The van der Waals surface area contributed by atoms with Crippen molar-refractivity contribution in [2.24, 2.45) is 5.92 Å². The maximum absolute atomic E-state index is 5.57. The first kappa shape index (κ1) is 10.5. The van der Waals surface area contributed by atoms with Crippen LogP contribution in [0.1, 0.15) is 37.8 Å². The van der Waals surface area contributed by atoms with Gasteiger partial charge in [0, 0.05) is 6.42 Å². The Morgan fingerprint density at radius 3 is 3.07 bits per heavy atom. The SMILES string of the molecule is CCC(C)CCc1ccc2c(c1)OCC2. The van der Waals surface area contributed by atoms with E-state index in [4.69, 9.17) is 4.74 Å². The molecule has 1 heterocycles. The van der Waals surface area contributed by atoms with Crippen molar-refractivity contribution in [3.05, 3.63) is 29.3 Å². The second kappa shape index (κ2) is 4.69. The van der Waals surface area contributed by atoms with Gasteiger partial charge in [-0.05, 0) is 36.0 Å². The zero-order chi connectivity index (χ0) is 10.7. The largest absolute Gasteiger partial charge is 0.493 e. The third-order valence-electron chi connectivity index (χ3n) is 3.38. The fourth-order valence-electron chi connectivity index (χ4n) is 1.98. The lowest BCUT2D eigenvalue weighted by molar-refractivity contribution is 0.356. The highest BCUT2D eigenvalue weighted by atomic mass is 16.5. The zero-order valence-corrected chi connectivity index (χ0v) is 9.75. The predicted molar refractivity (Wildman–Crippen MR) is 63.4 cm³/mol. The molecule has 0 fully saturated rings. The first-order chi connectivity index (χ1) is 7.29. The van der Waals surface area contributed by atoms with Gasteiger partial charge < -0.3 is 4.74 Å². The normalized spacial score (nSPS) is 15.9. The number of rotatable bonds is 4. The van der Waals surface area contributed by atoms with Crippen molar-refractivity contribution in [2.75, 3.05) is 6.61 Å². The summed E-state index contributed by atoms with van der Waals surface area (Å²) in [6.45, 7) is 5.45. The van der Waals surface area contributed by atoms with E-state index in [1.165, 1.54) is 30.4 Å². The number of hydrogen-bond acceptors (Lipinski definition) is 1. The van der Waals surface area contributed by atoms with Crippen LogP contribution in [0.5, 0.6) is 5.75 Å². The lowest BCUT2D eigenvalue weighted by atomic mass is 9.98. The third-order valence-corrected chi connectivity index (χ3v) is 3.38. The Hall–Kier alpha value is -0.980. The molecule has 0 amide bonds. The minimum Gasteiger partial charge on any atom is -0.493 e. The van der Waals surface area contributed by atoms with Gasteiger partial charge in [-0.25, -0.2) is 0 Å². The molecule has 1 nitrogen and oxygen atoms in total. The monoisotopic (exact) mass is 204 g/mol. The summed E-state index contributed by atoms with van der Waals surface area (Å²) in [6.07, 6.45) is 4.84. The van der Waals surface area contributed by atoms with E-state index in [-0.39, 0.29) is 0 Å². The summed E-state index contributed by atoms with van der Waals surface area (Å²) >= 11 is 0. The van der Waals surface area contributed by atoms with E-state index in [1.807, 2.05) is 0 Å². The van der Waals surface area contributed by atoms with Crippen LogP contribution in [0, 0.1) is 5.92 Å². The molecule has 0 bridgehead atoms. The number of ether oxygens (including phenoxy) is 1. The maximum Gasteiger partial charge on any atom is 0.122 e. The molecule has 0 aliphatic carbocycles. The zero-order valence-electron chi connectivity index (χ0n) is 9.75. The Balaban J connectivity index is 1.98. The first-order valence-electron chi connectivity index (χ1n) is 6.04. The van der Waals surface area contributed by atoms with Crippen molar-refractivity contribution >= 4 is 0 Å². The van der Waals surface area contributed by atoms with Gasteiger partial charge >= 0.3 is 0 Å². The average molecular weight is 204 g/mol. The number of hydrogen-bond donors (Lipinski definition) is 0. The van der Waals surface area contributed by atoms with Gasteiger partial charge in [0.25, 0.3) is 0 Å². The Labute approximate surface area is 92.5 Å². The highest BCUT2D eigenvalue weighted by Crippen LogP contribution is 2.27. The Morgan fingerprint density at radius 2 is 2.27 bits per heavy atom. The summed E-state index contributed by atoms with van der Waals surface area (Å²) in [5.74, 6) is 1.95. The Bertz CT molecular complexity index is 330. The van der Waals surface area contributed by atoms with Crippen LogP contribution >= 0.6 is 0 Å². The minimum atomic E-state index is 0.833.